The Labute approximate surface area is 110 Å². The van der Waals surface area contributed by atoms with Gasteiger partial charge in [-0.3, -0.25) is 9.00 Å². The first-order valence-corrected chi connectivity index (χ1v) is 6.83. The fraction of sp³-hybridized carbons (Fsp3) is 0.462. The molecule has 18 heavy (non-hydrogen) atoms. The zero-order valence-electron chi connectivity index (χ0n) is 11.1. The van der Waals surface area contributed by atoms with E-state index in [9.17, 15) is 13.6 Å². The molecule has 0 aliphatic carbocycles. The molecule has 0 saturated carbocycles. The Morgan fingerprint density at radius 3 is 2.22 bits per heavy atom. The third-order valence-electron chi connectivity index (χ3n) is 3.06. The summed E-state index contributed by atoms with van der Waals surface area (Å²) < 4.78 is 23.4. The summed E-state index contributed by atoms with van der Waals surface area (Å²) >= 11 is -2.61. The van der Waals surface area contributed by atoms with E-state index < -0.39 is 22.6 Å². The van der Waals surface area contributed by atoms with E-state index in [2.05, 4.69) is 0 Å². The molecule has 1 aromatic carbocycles. The normalized spacial score (nSPS) is 13.2. The van der Waals surface area contributed by atoms with Crippen LogP contribution in [0.4, 0.5) is 5.69 Å². The first-order valence-electron chi connectivity index (χ1n) is 5.80. The summed E-state index contributed by atoms with van der Waals surface area (Å²) in [6, 6.07) is 6.83. The number of carbonyl (C=O) groups excluding carboxylic acids is 1. The van der Waals surface area contributed by atoms with Crippen molar-refractivity contribution in [1.29, 1.82) is 0 Å². The fourth-order valence-electron chi connectivity index (χ4n) is 1.38. The van der Waals surface area contributed by atoms with Crippen LogP contribution in [0.25, 0.3) is 0 Å². The van der Waals surface area contributed by atoms with E-state index in [1.807, 2.05) is 13.8 Å². The second kappa shape index (κ2) is 5.63. The molecule has 0 heterocycles. The van der Waals surface area contributed by atoms with Crippen molar-refractivity contribution in [1.82, 2.24) is 0 Å². The largest absolute Gasteiger partial charge is 0.755 e. The van der Waals surface area contributed by atoms with Crippen LogP contribution in [-0.4, -0.2) is 14.7 Å². The van der Waals surface area contributed by atoms with Crippen molar-refractivity contribution in [2.45, 2.75) is 34.1 Å². The Morgan fingerprint density at radius 2 is 1.83 bits per heavy atom. The van der Waals surface area contributed by atoms with Gasteiger partial charge in [-0.1, -0.05) is 38.5 Å². The Hall–Kier alpha value is -1.20. The lowest BCUT2D eigenvalue weighted by atomic mass is 9.89. The van der Waals surface area contributed by atoms with Gasteiger partial charge in [0.1, 0.15) is 0 Å². The molecule has 0 bridgehead atoms. The first kappa shape index (κ1) is 14.9. The zero-order chi connectivity index (χ0) is 13.9. The van der Waals surface area contributed by atoms with Crippen LogP contribution in [0.15, 0.2) is 24.3 Å². The zero-order valence-corrected chi connectivity index (χ0v) is 11.9. The molecule has 4 nitrogen and oxygen atoms in total. The highest BCUT2D eigenvalue weighted by Gasteiger charge is 2.31. The summed E-state index contributed by atoms with van der Waals surface area (Å²) in [5.74, 6) is -0.415. The minimum atomic E-state index is -2.61. The van der Waals surface area contributed by atoms with Gasteiger partial charge in [0.05, 0.1) is 17.0 Å². The summed E-state index contributed by atoms with van der Waals surface area (Å²) in [6.07, 6.45) is 0.575. The lowest BCUT2D eigenvalue weighted by Crippen LogP contribution is -2.41. The topological polar surface area (TPSA) is 60.4 Å². The number of nitrogens with zero attached hydrogens (tertiary/aromatic N) is 1. The van der Waals surface area contributed by atoms with Crippen molar-refractivity contribution in [3.8, 4) is 0 Å². The number of rotatable bonds is 4. The van der Waals surface area contributed by atoms with Gasteiger partial charge in [0.25, 0.3) is 0 Å². The second-order valence-corrected chi connectivity index (χ2v) is 5.69. The molecule has 1 amide bonds. The lowest BCUT2D eigenvalue weighted by Gasteiger charge is -2.32. The van der Waals surface area contributed by atoms with Crippen LogP contribution < -0.4 is 4.31 Å². The molecular formula is C13H18NO3S-. The summed E-state index contributed by atoms with van der Waals surface area (Å²) in [5, 5.41) is 0. The molecule has 0 N–H and O–H groups in total. The standard InChI is InChI=1S/C13H19NO3S/c1-5-13(3,4)12(15)14(18(16)17)11-8-6-10(2)7-9-11/h6-9H,5H2,1-4H3,(H,16,17)/p-1. The molecule has 5 heteroatoms. The van der Waals surface area contributed by atoms with Crippen molar-refractivity contribution < 1.29 is 13.6 Å². The Balaban J connectivity index is 3.15. The monoisotopic (exact) mass is 268 g/mol. The van der Waals surface area contributed by atoms with E-state index >= 15 is 0 Å². The van der Waals surface area contributed by atoms with Gasteiger partial charge in [-0.05, 0) is 25.5 Å². The molecule has 0 radical (unpaired) electrons. The predicted molar refractivity (Wildman–Crippen MR) is 71.7 cm³/mol. The van der Waals surface area contributed by atoms with Gasteiger partial charge in [-0.15, -0.1) is 0 Å². The van der Waals surface area contributed by atoms with Crippen LogP contribution >= 0.6 is 0 Å². The summed E-state index contributed by atoms with van der Waals surface area (Å²) in [6.45, 7) is 7.24. The van der Waals surface area contributed by atoms with E-state index in [-0.39, 0.29) is 0 Å². The highest BCUT2D eigenvalue weighted by Crippen LogP contribution is 2.27. The van der Waals surface area contributed by atoms with Crippen molar-refractivity contribution in [2.75, 3.05) is 4.31 Å². The Bertz CT molecular complexity index is 454. The van der Waals surface area contributed by atoms with E-state index in [0.717, 1.165) is 9.87 Å². The van der Waals surface area contributed by atoms with Gasteiger partial charge in [0.2, 0.25) is 5.91 Å². The van der Waals surface area contributed by atoms with Crippen LogP contribution in [0, 0.1) is 12.3 Å². The average molecular weight is 268 g/mol. The molecule has 1 atom stereocenters. The maximum absolute atomic E-state index is 12.3. The smallest absolute Gasteiger partial charge is 0.243 e. The third kappa shape index (κ3) is 3.17. The van der Waals surface area contributed by atoms with Crippen LogP contribution in [0.1, 0.15) is 32.8 Å². The van der Waals surface area contributed by atoms with Crippen LogP contribution in [0.5, 0.6) is 0 Å². The molecule has 1 aromatic rings. The fourth-order valence-corrected chi connectivity index (χ4v) is 2.05. The lowest BCUT2D eigenvalue weighted by molar-refractivity contribution is -0.125. The molecule has 0 aliphatic rings. The molecular weight excluding hydrogens is 250 g/mol. The first-order chi connectivity index (χ1) is 8.29. The van der Waals surface area contributed by atoms with Crippen molar-refractivity contribution >= 4 is 22.9 Å². The number of anilines is 1. The highest BCUT2D eigenvalue weighted by atomic mass is 32.2. The minimum Gasteiger partial charge on any atom is -0.755 e. The van der Waals surface area contributed by atoms with Crippen LogP contribution in [0.2, 0.25) is 0 Å². The minimum absolute atomic E-state index is 0.375. The maximum Gasteiger partial charge on any atom is 0.243 e. The molecule has 100 valence electrons. The summed E-state index contributed by atoms with van der Waals surface area (Å²) in [4.78, 5) is 12.3. The Morgan fingerprint density at radius 1 is 1.33 bits per heavy atom. The van der Waals surface area contributed by atoms with Gasteiger partial charge in [0, 0.05) is 5.41 Å². The van der Waals surface area contributed by atoms with E-state index in [1.54, 1.807) is 38.1 Å². The summed E-state index contributed by atoms with van der Waals surface area (Å²) in [7, 11) is 0. The van der Waals surface area contributed by atoms with Crippen molar-refractivity contribution in [3.63, 3.8) is 0 Å². The predicted octanol–water partition coefficient (Wildman–Crippen LogP) is 2.56. The number of aryl methyl sites for hydroxylation is 1. The molecule has 0 spiro atoms. The SMILES string of the molecule is CCC(C)(C)C(=O)N(c1ccc(C)cc1)S(=O)[O-]. The summed E-state index contributed by atoms with van der Waals surface area (Å²) in [5.41, 5.74) is 0.684. The van der Waals surface area contributed by atoms with E-state index in [4.69, 9.17) is 0 Å². The van der Waals surface area contributed by atoms with Gasteiger partial charge in [0.15, 0.2) is 0 Å². The van der Waals surface area contributed by atoms with Crippen LogP contribution in [-0.2, 0) is 16.1 Å². The third-order valence-corrected chi connectivity index (χ3v) is 3.74. The van der Waals surface area contributed by atoms with Gasteiger partial charge < -0.3 is 4.55 Å². The Kier molecular flexibility index (Phi) is 4.65. The average Bonchev–Trinajstić information content (AvgIpc) is 2.31. The number of hydrogen-bond donors (Lipinski definition) is 0. The van der Waals surface area contributed by atoms with Gasteiger partial charge in [-0.2, -0.15) is 0 Å². The molecule has 1 rings (SSSR count). The van der Waals surface area contributed by atoms with Crippen molar-refractivity contribution in [3.05, 3.63) is 29.8 Å². The van der Waals surface area contributed by atoms with E-state index in [0.29, 0.717) is 12.1 Å². The molecule has 0 aliphatic heterocycles. The van der Waals surface area contributed by atoms with Gasteiger partial charge in [-0.25, -0.2) is 4.31 Å². The molecule has 0 fully saturated rings. The number of carbonyl (C=O) groups is 1. The maximum atomic E-state index is 12.3. The highest BCUT2D eigenvalue weighted by molar-refractivity contribution is 7.81. The van der Waals surface area contributed by atoms with Crippen LogP contribution in [0.3, 0.4) is 0 Å². The number of benzene rings is 1. The number of hydrogen-bond acceptors (Lipinski definition) is 3. The molecule has 0 saturated heterocycles. The van der Waals surface area contributed by atoms with Crippen molar-refractivity contribution in [2.24, 2.45) is 5.41 Å². The second-order valence-electron chi connectivity index (χ2n) is 4.89. The molecule has 1 unspecified atom stereocenters. The number of amides is 1. The molecule has 0 aromatic heterocycles. The van der Waals surface area contributed by atoms with Gasteiger partial charge >= 0.3 is 0 Å². The van der Waals surface area contributed by atoms with E-state index in [1.165, 1.54) is 0 Å². The quantitative estimate of drug-likeness (QED) is 0.788.